The van der Waals surface area contributed by atoms with Gasteiger partial charge in [0.25, 0.3) is 0 Å². The zero-order chi connectivity index (χ0) is 25.0. The molecule has 1 aromatic rings. The van der Waals surface area contributed by atoms with E-state index in [4.69, 9.17) is 4.74 Å². The maximum atomic E-state index is 13.6. The fourth-order valence-electron chi connectivity index (χ4n) is 8.28. The van der Waals surface area contributed by atoms with E-state index in [1.807, 2.05) is 43.3 Å². The van der Waals surface area contributed by atoms with Gasteiger partial charge < -0.3 is 4.74 Å². The fraction of sp³-hybridized carbons (Fsp3) is 0.581. The lowest BCUT2D eigenvalue weighted by Gasteiger charge is -2.57. The zero-order valence-electron chi connectivity index (χ0n) is 21.5. The minimum atomic E-state index is -1.07. The van der Waals surface area contributed by atoms with E-state index in [-0.39, 0.29) is 34.8 Å². The monoisotopic (exact) mass is 474 g/mol. The molecule has 0 aromatic heterocycles. The van der Waals surface area contributed by atoms with E-state index < -0.39 is 11.0 Å². The standard InChI is InChI=1S/C31H38O4/c1-5-24(21-9-7-6-8-10-21)28(34)35-31(20(2)32)18-15-27-25-12-11-22-19-23(33)13-16-29(22,3)26(25)14-17-30(27,31)4/h6-12,19,24-27H,5,13-18H2,1-4H3/t24-,25-,26+,27+,29+,30+,31+/m1/s1. The summed E-state index contributed by atoms with van der Waals surface area (Å²) in [5.74, 6) is 0.631. The molecule has 0 bridgehead atoms. The van der Waals surface area contributed by atoms with Crippen LogP contribution in [0.5, 0.6) is 0 Å². The molecule has 7 atom stereocenters. The number of carbonyl (C=O) groups excluding carboxylic acids is 3. The Hall–Kier alpha value is -2.49. The molecule has 0 saturated heterocycles. The topological polar surface area (TPSA) is 60.4 Å². The average Bonchev–Trinajstić information content (AvgIpc) is 3.14. The van der Waals surface area contributed by atoms with E-state index in [9.17, 15) is 14.4 Å². The molecular formula is C31H38O4. The van der Waals surface area contributed by atoms with Crippen molar-refractivity contribution in [2.24, 2.45) is 28.6 Å². The van der Waals surface area contributed by atoms with Crippen LogP contribution in [0, 0.1) is 28.6 Å². The highest BCUT2D eigenvalue weighted by atomic mass is 16.6. The second kappa shape index (κ2) is 8.57. The number of hydrogen-bond acceptors (Lipinski definition) is 4. The van der Waals surface area contributed by atoms with Crippen molar-refractivity contribution < 1.29 is 19.1 Å². The Morgan fingerprint density at radius 2 is 1.77 bits per heavy atom. The first-order valence-corrected chi connectivity index (χ1v) is 13.4. The molecule has 4 nitrogen and oxygen atoms in total. The number of Topliss-reactive ketones (excluding diaryl/α,β-unsaturated/α-hetero) is 1. The van der Waals surface area contributed by atoms with Gasteiger partial charge in [0.05, 0.1) is 5.92 Å². The molecule has 0 amide bonds. The number of ketones is 2. The number of benzene rings is 1. The van der Waals surface area contributed by atoms with Crippen LogP contribution in [-0.2, 0) is 19.1 Å². The predicted octanol–water partition coefficient (Wildman–Crippen LogP) is 6.36. The SMILES string of the molecule is CC[C@@H](C(=O)O[C@]1(C(C)=O)CC[C@H]2[C@@H]3C=CC4=CC(=O)CC[C@]4(C)[C@H]3CC[C@@]21C)c1ccccc1. The first-order chi connectivity index (χ1) is 16.7. The molecule has 1 aromatic carbocycles. The summed E-state index contributed by atoms with van der Waals surface area (Å²) >= 11 is 0. The van der Waals surface area contributed by atoms with Gasteiger partial charge in [-0.25, -0.2) is 0 Å². The van der Waals surface area contributed by atoms with Crippen LogP contribution in [0.4, 0.5) is 0 Å². The van der Waals surface area contributed by atoms with Crippen molar-refractivity contribution in [3.8, 4) is 0 Å². The number of rotatable bonds is 5. The predicted molar refractivity (Wildman–Crippen MR) is 136 cm³/mol. The molecule has 186 valence electrons. The molecule has 35 heavy (non-hydrogen) atoms. The van der Waals surface area contributed by atoms with Crippen molar-refractivity contribution in [1.29, 1.82) is 0 Å². The Balaban J connectivity index is 1.47. The molecule has 0 radical (unpaired) electrons. The Morgan fingerprint density at radius 1 is 1.06 bits per heavy atom. The fourth-order valence-corrected chi connectivity index (χ4v) is 8.28. The van der Waals surface area contributed by atoms with Crippen molar-refractivity contribution in [3.63, 3.8) is 0 Å². The van der Waals surface area contributed by atoms with Crippen LogP contribution in [-0.4, -0.2) is 23.1 Å². The quantitative estimate of drug-likeness (QED) is 0.466. The van der Waals surface area contributed by atoms with E-state index in [0.717, 1.165) is 31.2 Å². The summed E-state index contributed by atoms with van der Waals surface area (Å²) in [6, 6.07) is 9.76. The summed E-state index contributed by atoms with van der Waals surface area (Å²) in [5.41, 5.74) is 0.658. The lowest BCUT2D eigenvalue weighted by atomic mass is 9.48. The van der Waals surface area contributed by atoms with Gasteiger partial charge in [-0.15, -0.1) is 0 Å². The summed E-state index contributed by atoms with van der Waals surface area (Å²) < 4.78 is 6.40. The normalized spacial score (nSPS) is 38.6. The van der Waals surface area contributed by atoms with E-state index in [1.54, 1.807) is 6.92 Å². The van der Waals surface area contributed by atoms with Gasteiger partial charge in [-0.05, 0) is 85.8 Å². The van der Waals surface area contributed by atoms with Gasteiger partial charge in [0, 0.05) is 11.8 Å². The van der Waals surface area contributed by atoms with Crippen LogP contribution in [0.3, 0.4) is 0 Å². The molecule has 0 N–H and O–H groups in total. The van der Waals surface area contributed by atoms with Gasteiger partial charge >= 0.3 is 5.97 Å². The third-order valence-corrected chi connectivity index (χ3v) is 10.4. The molecule has 4 aliphatic rings. The smallest absolute Gasteiger partial charge is 0.314 e. The molecule has 5 rings (SSSR count). The van der Waals surface area contributed by atoms with Crippen molar-refractivity contribution in [2.75, 3.05) is 0 Å². The van der Waals surface area contributed by atoms with Gasteiger partial charge in [0.15, 0.2) is 17.2 Å². The van der Waals surface area contributed by atoms with E-state index >= 15 is 0 Å². The van der Waals surface area contributed by atoms with Crippen LogP contribution >= 0.6 is 0 Å². The number of carbonyl (C=O) groups is 3. The summed E-state index contributed by atoms with van der Waals surface area (Å²) in [6.07, 6.45) is 11.8. The number of ether oxygens (including phenoxy) is 1. The molecule has 0 aliphatic heterocycles. The third kappa shape index (κ3) is 3.50. The first-order valence-electron chi connectivity index (χ1n) is 13.4. The highest BCUT2D eigenvalue weighted by Gasteiger charge is 2.67. The van der Waals surface area contributed by atoms with Crippen molar-refractivity contribution in [3.05, 3.63) is 59.7 Å². The number of allylic oxidation sites excluding steroid dienone is 4. The lowest BCUT2D eigenvalue weighted by Crippen LogP contribution is -2.58. The van der Waals surface area contributed by atoms with Crippen LogP contribution < -0.4 is 0 Å². The molecule has 0 unspecified atom stereocenters. The second-order valence-corrected chi connectivity index (χ2v) is 11.8. The average molecular weight is 475 g/mol. The van der Waals surface area contributed by atoms with Crippen molar-refractivity contribution in [2.45, 2.75) is 84.2 Å². The first kappa shape index (κ1) is 24.2. The zero-order valence-corrected chi connectivity index (χ0v) is 21.5. The second-order valence-electron chi connectivity index (χ2n) is 11.8. The van der Waals surface area contributed by atoms with Crippen LogP contribution in [0.15, 0.2) is 54.1 Å². The van der Waals surface area contributed by atoms with E-state index in [2.05, 4.69) is 26.0 Å². The minimum absolute atomic E-state index is 0.00736. The Bertz CT molecular complexity index is 1100. The summed E-state index contributed by atoms with van der Waals surface area (Å²) in [6.45, 7) is 8.14. The minimum Gasteiger partial charge on any atom is -0.450 e. The molecule has 0 spiro atoms. The highest BCUT2D eigenvalue weighted by molar-refractivity contribution is 5.92. The van der Waals surface area contributed by atoms with Gasteiger partial charge in [-0.3, -0.25) is 14.4 Å². The molecule has 4 aliphatic carbocycles. The van der Waals surface area contributed by atoms with Crippen molar-refractivity contribution in [1.82, 2.24) is 0 Å². The third-order valence-electron chi connectivity index (χ3n) is 10.4. The van der Waals surface area contributed by atoms with Gasteiger partial charge in [-0.2, -0.15) is 0 Å². The maximum absolute atomic E-state index is 13.6. The van der Waals surface area contributed by atoms with Crippen molar-refractivity contribution >= 4 is 17.5 Å². The summed E-state index contributed by atoms with van der Waals surface area (Å²) in [4.78, 5) is 39.0. The molecule has 4 heteroatoms. The molecule has 2 fully saturated rings. The van der Waals surface area contributed by atoms with Crippen LogP contribution in [0.2, 0.25) is 0 Å². The van der Waals surface area contributed by atoms with E-state index in [1.165, 1.54) is 5.57 Å². The highest BCUT2D eigenvalue weighted by Crippen LogP contribution is 2.67. The Kier molecular flexibility index (Phi) is 5.93. The molecule has 2 saturated carbocycles. The number of fused-ring (bicyclic) bond motifs is 5. The van der Waals surface area contributed by atoms with Gasteiger partial charge in [0.1, 0.15) is 0 Å². The van der Waals surface area contributed by atoms with Gasteiger partial charge in [-0.1, -0.05) is 63.3 Å². The number of esters is 1. The lowest BCUT2D eigenvalue weighted by molar-refractivity contribution is -0.188. The Labute approximate surface area is 209 Å². The maximum Gasteiger partial charge on any atom is 0.314 e. The number of hydrogen-bond donors (Lipinski definition) is 0. The molecular weight excluding hydrogens is 436 g/mol. The van der Waals surface area contributed by atoms with E-state index in [0.29, 0.717) is 31.1 Å². The summed E-state index contributed by atoms with van der Waals surface area (Å²) in [5, 5.41) is 0. The van der Waals surface area contributed by atoms with Gasteiger partial charge in [0.2, 0.25) is 0 Å². The molecule has 0 heterocycles. The largest absolute Gasteiger partial charge is 0.450 e. The van der Waals surface area contributed by atoms with Crippen LogP contribution in [0.25, 0.3) is 0 Å². The Morgan fingerprint density at radius 3 is 2.46 bits per heavy atom. The van der Waals surface area contributed by atoms with Crippen LogP contribution in [0.1, 0.15) is 84.1 Å². The summed E-state index contributed by atoms with van der Waals surface area (Å²) in [7, 11) is 0.